The molecule has 1 rings (SSSR count). The summed E-state index contributed by atoms with van der Waals surface area (Å²) in [5.41, 5.74) is 2.37. The lowest BCUT2D eigenvalue weighted by Crippen LogP contribution is -2.18. The largest absolute Gasteiger partial charge is 0.375 e. The summed E-state index contributed by atoms with van der Waals surface area (Å²) in [6.45, 7) is 7.20. The van der Waals surface area contributed by atoms with E-state index in [1.165, 1.54) is 24.1 Å². The van der Waals surface area contributed by atoms with Gasteiger partial charge in [0.1, 0.15) is 0 Å². The molecule has 0 saturated heterocycles. The van der Waals surface area contributed by atoms with Crippen molar-refractivity contribution in [3.05, 3.63) is 28.8 Å². The molecule has 0 fully saturated rings. The van der Waals surface area contributed by atoms with E-state index >= 15 is 0 Å². The zero-order chi connectivity index (χ0) is 12.7. The molecular weight excluding hydrogens is 232 g/mol. The maximum absolute atomic E-state index is 6.28. The molecule has 17 heavy (non-hydrogen) atoms. The molecule has 0 saturated carbocycles. The third-order valence-electron chi connectivity index (χ3n) is 2.89. The van der Waals surface area contributed by atoms with Crippen molar-refractivity contribution >= 4 is 17.3 Å². The third kappa shape index (κ3) is 4.57. The van der Waals surface area contributed by atoms with Crippen molar-refractivity contribution in [1.82, 2.24) is 5.32 Å². The first kappa shape index (κ1) is 14.3. The molecule has 0 heterocycles. The molecule has 0 aliphatic carbocycles. The molecule has 0 spiro atoms. The van der Waals surface area contributed by atoms with E-state index in [0.717, 1.165) is 24.7 Å². The molecule has 0 bridgehead atoms. The number of nitrogens with zero attached hydrogens (tertiary/aromatic N) is 1. The van der Waals surface area contributed by atoms with Crippen molar-refractivity contribution in [2.24, 2.45) is 0 Å². The minimum atomic E-state index is 0.842. The van der Waals surface area contributed by atoms with Crippen molar-refractivity contribution in [2.45, 2.75) is 33.2 Å². The fourth-order valence-corrected chi connectivity index (χ4v) is 1.94. The lowest BCUT2D eigenvalue weighted by Gasteiger charge is -2.20. The van der Waals surface area contributed by atoms with Gasteiger partial charge in [-0.3, -0.25) is 0 Å². The van der Waals surface area contributed by atoms with E-state index in [4.69, 9.17) is 11.6 Å². The Bertz CT molecular complexity index is 339. The topological polar surface area (TPSA) is 15.3 Å². The molecular formula is C14H23ClN2. The van der Waals surface area contributed by atoms with Crippen molar-refractivity contribution < 1.29 is 0 Å². The summed E-state index contributed by atoms with van der Waals surface area (Å²) in [5, 5.41) is 4.14. The average Bonchev–Trinajstić information content (AvgIpc) is 2.34. The molecule has 0 radical (unpaired) electrons. The molecule has 1 aromatic carbocycles. The molecule has 0 aliphatic rings. The van der Waals surface area contributed by atoms with E-state index in [2.05, 4.69) is 49.3 Å². The van der Waals surface area contributed by atoms with Gasteiger partial charge >= 0.3 is 0 Å². The minimum absolute atomic E-state index is 0.842. The number of unbranched alkanes of at least 4 members (excludes halogenated alkanes) is 1. The Hall–Kier alpha value is -0.730. The summed E-state index contributed by atoms with van der Waals surface area (Å²) in [4.78, 5) is 2.26. The number of benzene rings is 1. The third-order valence-corrected chi connectivity index (χ3v) is 3.24. The maximum Gasteiger partial charge on any atom is 0.0471 e. The zero-order valence-corrected chi connectivity index (χ0v) is 11.8. The predicted molar refractivity (Wildman–Crippen MR) is 77.0 cm³/mol. The number of hydrogen-bond donors (Lipinski definition) is 1. The normalized spacial score (nSPS) is 10.6. The molecule has 0 atom stereocenters. The number of halogens is 1. The fraction of sp³-hybridized carbons (Fsp3) is 0.571. The van der Waals surface area contributed by atoms with E-state index in [0.29, 0.717) is 0 Å². The van der Waals surface area contributed by atoms with Crippen LogP contribution in [-0.4, -0.2) is 20.1 Å². The summed E-state index contributed by atoms with van der Waals surface area (Å²) in [6, 6.07) is 6.32. The molecule has 0 unspecified atom stereocenters. The van der Waals surface area contributed by atoms with Crippen LogP contribution in [0, 0.1) is 0 Å². The summed E-state index contributed by atoms with van der Waals surface area (Å²) in [7, 11) is 2.12. The van der Waals surface area contributed by atoms with Crippen LogP contribution in [0.25, 0.3) is 0 Å². The Balaban J connectivity index is 2.67. The standard InChI is InChI=1S/C14H23ClN2/c1-4-6-9-17(3)13-8-7-12(11-16-5-2)14(15)10-13/h7-8,10,16H,4-6,9,11H2,1-3H3. The van der Waals surface area contributed by atoms with Gasteiger partial charge in [-0.05, 0) is 30.7 Å². The van der Waals surface area contributed by atoms with Gasteiger partial charge < -0.3 is 10.2 Å². The highest BCUT2D eigenvalue weighted by Crippen LogP contribution is 2.23. The van der Waals surface area contributed by atoms with Crippen molar-refractivity contribution in [3.8, 4) is 0 Å². The lowest BCUT2D eigenvalue weighted by atomic mass is 10.2. The van der Waals surface area contributed by atoms with Crippen LogP contribution >= 0.6 is 11.6 Å². The minimum Gasteiger partial charge on any atom is -0.375 e. The van der Waals surface area contributed by atoms with Gasteiger partial charge in [0.25, 0.3) is 0 Å². The number of rotatable bonds is 7. The smallest absolute Gasteiger partial charge is 0.0471 e. The van der Waals surface area contributed by atoms with E-state index < -0.39 is 0 Å². The predicted octanol–water partition coefficient (Wildman–Crippen LogP) is 3.69. The SMILES string of the molecule is CCCCN(C)c1ccc(CNCC)c(Cl)c1. The molecule has 0 amide bonds. The molecule has 3 heteroatoms. The van der Waals surface area contributed by atoms with Crippen LogP contribution in [0.1, 0.15) is 32.3 Å². The molecule has 0 aromatic heterocycles. The van der Waals surface area contributed by atoms with E-state index in [9.17, 15) is 0 Å². The van der Waals surface area contributed by atoms with Crippen LogP contribution < -0.4 is 10.2 Å². The van der Waals surface area contributed by atoms with Crippen LogP contribution in [0.5, 0.6) is 0 Å². The van der Waals surface area contributed by atoms with Gasteiger partial charge in [0.2, 0.25) is 0 Å². The highest BCUT2D eigenvalue weighted by Gasteiger charge is 2.04. The number of hydrogen-bond acceptors (Lipinski definition) is 2. The van der Waals surface area contributed by atoms with Crippen LogP contribution in [0.3, 0.4) is 0 Å². The lowest BCUT2D eigenvalue weighted by molar-refractivity contribution is 0.726. The summed E-state index contributed by atoms with van der Waals surface area (Å²) < 4.78 is 0. The Labute approximate surface area is 110 Å². The van der Waals surface area contributed by atoms with E-state index in [1.807, 2.05) is 0 Å². The second-order valence-electron chi connectivity index (χ2n) is 4.33. The summed E-state index contributed by atoms with van der Waals surface area (Å²) in [5.74, 6) is 0. The van der Waals surface area contributed by atoms with Crippen LogP contribution in [0.2, 0.25) is 5.02 Å². The average molecular weight is 255 g/mol. The first-order valence-electron chi connectivity index (χ1n) is 6.39. The highest BCUT2D eigenvalue weighted by molar-refractivity contribution is 6.31. The molecule has 1 N–H and O–H groups in total. The van der Waals surface area contributed by atoms with E-state index in [-0.39, 0.29) is 0 Å². The van der Waals surface area contributed by atoms with Crippen LogP contribution in [0.15, 0.2) is 18.2 Å². The van der Waals surface area contributed by atoms with Gasteiger partial charge in [0.15, 0.2) is 0 Å². The fourth-order valence-electron chi connectivity index (χ4n) is 1.70. The number of anilines is 1. The van der Waals surface area contributed by atoms with Gasteiger partial charge in [-0.1, -0.05) is 37.9 Å². The number of nitrogens with one attached hydrogen (secondary N) is 1. The Kier molecular flexibility index (Phi) is 6.38. The first-order chi connectivity index (χ1) is 8.19. The van der Waals surface area contributed by atoms with Crippen LogP contribution in [0.4, 0.5) is 5.69 Å². The van der Waals surface area contributed by atoms with Gasteiger partial charge in [-0.15, -0.1) is 0 Å². The molecule has 96 valence electrons. The maximum atomic E-state index is 6.28. The van der Waals surface area contributed by atoms with Crippen molar-refractivity contribution in [1.29, 1.82) is 0 Å². The van der Waals surface area contributed by atoms with Gasteiger partial charge in [0.05, 0.1) is 0 Å². The van der Waals surface area contributed by atoms with Crippen LogP contribution in [-0.2, 0) is 6.54 Å². The Morgan fingerprint density at radius 2 is 2.06 bits per heavy atom. The summed E-state index contributed by atoms with van der Waals surface area (Å²) in [6.07, 6.45) is 2.43. The van der Waals surface area contributed by atoms with Gasteiger partial charge in [-0.2, -0.15) is 0 Å². The molecule has 1 aromatic rings. The highest BCUT2D eigenvalue weighted by atomic mass is 35.5. The quantitative estimate of drug-likeness (QED) is 0.799. The Morgan fingerprint density at radius 1 is 1.29 bits per heavy atom. The Morgan fingerprint density at radius 3 is 2.65 bits per heavy atom. The van der Waals surface area contributed by atoms with E-state index in [1.54, 1.807) is 0 Å². The van der Waals surface area contributed by atoms with Gasteiger partial charge in [0, 0.05) is 30.8 Å². The van der Waals surface area contributed by atoms with Gasteiger partial charge in [-0.25, -0.2) is 0 Å². The van der Waals surface area contributed by atoms with Crippen molar-refractivity contribution in [2.75, 3.05) is 25.0 Å². The molecule has 2 nitrogen and oxygen atoms in total. The monoisotopic (exact) mass is 254 g/mol. The summed E-state index contributed by atoms with van der Waals surface area (Å²) >= 11 is 6.28. The second-order valence-corrected chi connectivity index (χ2v) is 4.74. The molecule has 0 aliphatic heterocycles. The second kappa shape index (κ2) is 7.57. The zero-order valence-electron chi connectivity index (χ0n) is 11.1. The first-order valence-corrected chi connectivity index (χ1v) is 6.77. The van der Waals surface area contributed by atoms with Crippen molar-refractivity contribution in [3.63, 3.8) is 0 Å².